The summed E-state index contributed by atoms with van der Waals surface area (Å²) in [6.45, 7) is 4.45. The Morgan fingerprint density at radius 2 is 1.69 bits per heavy atom. The normalized spacial score (nSPS) is 12.4. The van der Waals surface area contributed by atoms with Crippen molar-refractivity contribution in [3.8, 4) is 0 Å². The van der Waals surface area contributed by atoms with Gasteiger partial charge in [-0.05, 0) is 38.1 Å². The molecule has 2 aromatic rings. The fourth-order valence-electron chi connectivity index (χ4n) is 2.38. The molecule has 6 nitrogen and oxygen atoms in total. The summed E-state index contributed by atoms with van der Waals surface area (Å²) in [5, 5.41) is 2.76. The number of likely N-dealkylation sites (N-methyl/N-ethyl adjacent to an activating group) is 1. The number of nitrogens with one attached hydrogen (secondary N) is 2. The molecule has 0 spiro atoms. The number of nitrogens with zero attached hydrogens (tertiary/aromatic N) is 1. The van der Waals surface area contributed by atoms with Gasteiger partial charge in [0.1, 0.15) is 0 Å². The lowest BCUT2D eigenvalue weighted by molar-refractivity contribution is -0.122. The third-order valence-corrected chi connectivity index (χ3v) is 5.56. The number of carbonyl (C=O) groups excluding carboxylic acids is 1. The molecule has 0 bridgehead atoms. The summed E-state index contributed by atoms with van der Waals surface area (Å²) in [6, 6.07) is 15.5. The Kier molecular flexibility index (Phi) is 6.76. The largest absolute Gasteiger partial charge is 0.373 e. The molecule has 0 unspecified atom stereocenters. The summed E-state index contributed by atoms with van der Waals surface area (Å²) in [5.41, 5.74) is 2.02. The molecule has 0 radical (unpaired) electrons. The van der Waals surface area contributed by atoms with Crippen molar-refractivity contribution in [2.75, 3.05) is 25.0 Å². The van der Waals surface area contributed by atoms with E-state index in [2.05, 4.69) is 10.0 Å². The van der Waals surface area contributed by atoms with E-state index < -0.39 is 16.1 Å². The highest BCUT2D eigenvalue weighted by molar-refractivity contribution is 7.89. The number of carbonyl (C=O) groups is 1. The topological polar surface area (TPSA) is 78.5 Å². The van der Waals surface area contributed by atoms with Gasteiger partial charge in [-0.1, -0.05) is 35.9 Å². The Balaban J connectivity index is 1.84. The first-order valence-corrected chi connectivity index (χ1v) is 9.91. The predicted molar refractivity (Wildman–Crippen MR) is 104 cm³/mol. The molecule has 0 aliphatic heterocycles. The quantitative estimate of drug-likeness (QED) is 0.739. The van der Waals surface area contributed by atoms with Crippen LogP contribution in [0, 0.1) is 6.92 Å². The van der Waals surface area contributed by atoms with Crippen molar-refractivity contribution >= 4 is 21.6 Å². The Bertz CT molecular complexity index is 821. The number of hydrogen-bond acceptors (Lipinski definition) is 4. The second kappa shape index (κ2) is 8.82. The number of sulfonamides is 1. The summed E-state index contributed by atoms with van der Waals surface area (Å²) in [7, 11) is -1.79. The molecule has 0 fully saturated rings. The van der Waals surface area contributed by atoms with Gasteiger partial charge in [0.25, 0.3) is 0 Å². The zero-order chi connectivity index (χ0) is 19.2. The Labute approximate surface area is 155 Å². The molecule has 2 aromatic carbocycles. The zero-order valence-corrected chi connectivity index (χ0v) is 16.1. The van der Waals surface area contributed by atoms with E-state index >= 15 is 0 Å². The molecule has 0 heterocycles. The van der Waals surface area contributed by atoms with Crippen molar-refractivity contribution in [2.45, 2.75) is 24.8 Å². The summed E-state index contributed by atoms with van der Waals surface area (Å²) < 4.78 is 27.1. The van der Waals surface area contributed by atoms with Crippen LogP contribution in [0.25, 0.3) is 0 Å². The highest BCUT2D eigenvalue weighted by Crippen LogP contribution is 2.11. The van der Waals surface area contributed by atoms with Gasteiger partial charge >= 0.3 is 0 Å². The molecule has 0 aliphatic carbocycles. The highest BCUT2D eigenvalue weighted by Gasteiger charge is 2.21. The first-order valence-electron chi connectivity index (χ1n) is 8.42. The molecule has 0 saturated heterocycles. The minimum Gasteiger partial charge on any atom is -0.373 e. The molecule has 26 heavy (non-hydrogen) atoms. The first-order chi connectivity index (χ1) is 12.3. The Morgan fingerprint density at radius 3 is 2.31 bits per heavy atom. The minimum absolute atomic E-state index is 0.145. The molecule has 2 N–H and O–H groups in total. The van der Waals surface area contributed by atoms with Gasteiger partial charge < -0.3 is 10.2 Å². The minimum atomic E-state index is -3.73. The number of rotatable bonds is 8. The van der Waals surface area contributed by atoms with E-state index in [1.165, 1.54) is 19.1 Å². The summed E-state index contributed by atoms with van der Waals surface area (Å²) >= 11 is 0. The lowest BCUT2D eigenvalue weighted by atomic mass is 10.2. The SMILES string of the molecule is Cc1ccc(S(=O)(=O)N[C@H](C)C(=O)NCCN(C)c2ccccc2)cc1. The van der Waals surface area contributed by atoms with Crippen molar-refractivity contribution in [1.82, 2.24) is 10.0 Å². The summed E-state index contributed by atoms with van der Waals surface area (Å²) in [5.74, 6) is -0.359. The number of benzene rings is 2. The maximum Gasteiger partial charge on any atom is 0.241 e. The number of amides is 1. The molecule has 140 valence electrons. The lowest BCUT2D eigenvalue weighted by Gasteiger charge is -2.20. The van der Waals surface area contributed by atoms with Crippen LogP contribution in [0.1, 0.15) is 12.5 Å². The second-order valence-electron chi connectivity index (χ2n) is 6.20. The van der Waals surface area contributed by atoms with E-state index in [9.17, 15) is 13.2 Å². The zero-order valence-electron chi connectivity index (χ0n) is 15.3. The fourth-order valence-corrected chi connectivity index (χ4v) is 3.59. The molecule has 0 saturated carbocycles. The molecule has 0 aromatic heterocycles. The highest BCUT2D eigenvalue weighted by atomic mass is 32.2. The average molecular weight is 375 g/mol. The molecule has 2 rings (SSSR count). The molecule has 1 atom stereocenters. The van der Waals surface area contributed by atoms with Crippen molar-refractivity contribution in [3.05, 3.63) is 60.2 Å². The molecular formula is C19H25N3O3S. The van der Waals surface area contributed by atoms with Crippen LogP contribution in [0.15, 0.2) is 59.5 Å². The number of anilines is 1. The third-order valence-electron chi connectivity index (χ3n) is 4.00. The standard InChI is InChI=1S/C19H25N3O3S/c1-15-9-11-18(12-10-15)26(24,25)21-16(2)19(23)20-13-14-22(3)17-7-5-4-6-8-17/h4-12,16,21H,13-14H2,1-3H3,(H,20,23)/t16-/m1/s1. The van der Waals surface area contributed by atoms with E-state index in [0.29, 0.717) is 13.1 Å². The Morgan fingerprint density at radius 1 is 1.08 bits per heavy atom. The van der Waals surface area contributed by atoms with Gasteiger partial charge in [0.05, 0.1) is 10.9 Å². The van der Waals surface area contributed by atoms with E-state index in [1.807, 2.05) is 49.2 Å². The number of aryl methyl sites for hydroxylation is 1. The maximum absolute atomic E-state index is 12.3. The van der Waals surface area contributed by atoms with Crippen molar-refractivity contribution in [3.63, 3.8) is 0 Å². The number of hydrogen-bond donors (Lipinski definition) is 2. The Hall–Kier alpha value is -2.38. The van der Waals surface area contributed by atoms with Gasteiger partial charge in [0.15, 0.2) is 0 Å². The van der Waals surface area contributed by atoms with Gasteiger partial charge in [0.2, 0.25) is 15.9 Å². The van der Waals surface area contributed by atoms with Crippen LogP contribution >= 0.6 is 0 Å². The van der Waals surface area contributed by atoms with Gasteiger partial charge in [-0.15, -0.1) is 0 Å². The summed E-state index contributed by atoms with van der Waals surface area (Å²) in [6.07, 6.45) is 0. The maximum atomic E-state index is 12.3. The molecule has 7 heteroatoms. The van der Waals surface area contributed by atoms with Crippen molar-refractivity contribution in [2.24, 2.45) is 0 Å². The van der Waals surface area contributed by atoms with E-state index in [1.54, 1.807) is 12.1 Å². The average Bonchev–Trinajstić information content (AvgIpc) is 2.62. The first kappa shape index (κ1) is 19.9. The smallest absolute Gasteiger partial charge is 0.241 e. The lowest BCUT2D eigenvalue weighted by Crippen LogP contribution is -2.46. The van der Waals surface area contributed by atoms with E-state index in [-0.39, 0.29) is 10.8 Å². The van der Waals surface area contributed by atoms with Crippen molar-refractivity contribution in [1.29, 1.82) is 0 Å². The van der Waals surface area contributed by atoms with Crippen LogP contribution in [-0.2, 0) is 14.8 Å². The second-order valence-corrected chi connectivity index (χ2v) is 7.92. The van der Waals surface area contributed by atoms with Gasteiger partial charge in [-0.25, -0.2) is 8.42 Å². The molecular weight excluding hydrogens is 350 g/mol. The van der Waals surface area contributed by atoms with E-state index in [0.717, 1.165) is 11.3 Å². The van der Waals surface area contributed by atoms with Crippen LogP contribution in [0.3, 0.4) is 0 Å². The summed E-state index contributed by atoms with van der Waals surface area (Å²) in [4.78, 5) is 14.3. The van der Waals surface area contributed by atoms with Crippen LogP contribution in [0.4, 0.5) is 5.69 Å². The van der Waals surface area contributed by atoms with Gasteiger partial charge in [-0.3, -0.25) is 4.79 Å². The van der Waals surface area contributed by atoms with Gasteiger partial charge in [0, 0.05) is 25.8 Å². The fraction of sp³-hybridized carbons (Fsp3) is 0.316. The third kappa shape index (κ3) is 5.57. The van der Waals surface area contributed by atoms with E-state index in [4.69, 9.17) is 0 Å². The van der Waals surface area contributed by atoms with Crippen LogP contribution < -0.4 is 14.9 Å². The molecule has 0 aliphatic rings. The number of para-hydroxylation sites is 1. The van der Waals surface area contributed by atoms with Crippen LogP contribution in [-0.4, -0.2) is 40.5 Å². The van der Waals surface area contributed by atoms with Crippen molar-refractivity contribution < 1.29 is 13.2 Å². The predicted octanol–water partition coefficient (Wildman–Crippen LogP) is 1.91. The molecule has 1 amide bonds. The van der Waals surface area contributed by atoms with Gasteiger partial charge in [-0.2, -0.15) is 4.72 Å². The van der Waals surface area contributed by atoms with Crippen LogP contribution in [0.2, 0.25) is 0 Å². The van der Waals surface area contributed by atoms with Crippen LogP contribution in [0.5, 0.6) is 0 Å². The monoisotopic (exact) mass is 375 g/mol.